The Morgan fingerprint density at radius 2 is 1.67 bits per heavy atom. The molecule has 0 aliphatic carbocycles. The van der Waals surface area contributed by atoms with E-state index >= 15 is 0 Å². The summed E-state index contributed by atoms with van der Waals surface area (Å²) < 4.78 is 10.5. The van der Waals surface area contributed by atoms with Gasteiger partial charge in [0.05, 0.1) is 25.4 Å². The van der Waals surface area contributed by atoms with Crippen LogP contribution in [0.2, 0.25) is 0 Å². The van der Waals surface area contributed by atoms with E-state index in [1.165, 1.54) is 0 Å². The van der Waals surface area contributed by atoms with Crippen LogP contribution in [-0.4, -0.2) is 19.3 Å². The molecule has 3 heteroatoms. The Labute approximate surface area is 90.6 Å². The largest absolute Gasteiger partial charge is 0.496 e. The maximum Gasteiger partial charge on any atom is 0.128 e. The molecule has 15 heavy (non-hydrogen) atoms. The first-order valence-corrected chi connectivity index (χ1v) is 5.00. The topological polar surface area (TPSA) is 38.7 Å². The molecule has 3 nitrogen and oxygen atoms in total. The number of ether oxygens (including phenoxy) is 2. The van der Waals surface area contributed by atoms with Gasteiger partial charge in [-0.3, -0.25) is 0 Å². The van der Waals surface area contributed by atoms with Crippen molar-refractivity contribution < 1.29 is 14.6 Å². The van der Waals surface area contributed by atoms with Gasteiger partial charge in [0.25, 0.3) is 0 Å². The van der Waals surface area contributed by atoms with Gasteiger partial charge in [-0.25, -0.2) is 0 Å². The van der Waals surface area contributed by atoms with E-state index in [0.717, 1.165) is 0 Å². The highest BCUT2D eigenvalue weighted by Gasteiger charge is 2.28. The molecule has 0 amide bonds. The second kappa shape index (κ2) is 4.53. The van der Waals surface area contributed by atoms with Crippen LogP contribution in [0.25, 0.3) is 0 Å². The standard InChI is InChI=1S/C12H18O3/c1-5-12(2,13)11-9(14-3)7-6-8-10(11)15-4/h6-8,13H,5H2,1-4H3. The van der Waals surface area contributed by atoms with E-state index in [1.54, 1.807) is 21.1 Å². The molecule has 1 aromatic rings. The van der Waals surface area contributed by atoms with Gasteiger partial charge in [0.1, 0.15) is 11.5 Å². The SMILES string of the molecule is CCC(C)(O)c1c(OC)cccc1OC. The van der Waals surface area contributed by atoms with Crippen molar-refractivity contribution in [3.63, 3.8) is 0 Å². The Morgan fingerprint density at radius 1 is 1.20 bits per heavy atom. The molecule has 1 atom stereocenters. The average Bonchev–Trinajstić information content (AvgIpc) is 2.27. The van der Waals surface area contributed by atoms with E-state index in [2.05, 4.69) is 0 Å². The lowest BCUT2D eigenvalue weighted by atomic mass is 9.91. The van der Waals surface area contributed by atoms with Gasteiger partial charge in [0.2, 0.25) is 0 Å². The molecule has 1 unspecified atom stereocenters. The summed E-state index contributed by atoms with van der Waals surface area (Å²) in [5.74, 6) is 1.31. The van der Waals surface area contributed by atoms with E-state index in [1.807, 2.05) is 25.1 Å². The molecule has 1 aromatic carbocycles. The molecule has 84 valence electrons. The molecular formula is C12H18O3. The third kappa shape index (κ3) is 2.23. The van der Waals surface area contributed by atoms with Gasteiger partial charge in [0.15, 0.2) is 0 Å². The summed E-state index contributed by atoms with van der Waals surface area (Å²) in [7, 11) is 3.17. The molecular weight excluding hydrogens is 192 g/mol. The third-order valence-corrected chi connectivity index (χ3v) is 2.65. The molecule has 0 saturated carbocycles. The fourth-order valence-electron chi connectivity index (χ4n) is 1.56. The van der Waals surface area contributed by atoms with Crippen molar-refractivity contribution in [2.24, 2.45) is 0 Å². The maximum absolute atomic E-state index is 10.3. The van der Waals surface area contributed by atoms with Gasteiger partial charge in [-0.05, 0) is 25.5 Å². The van der Waals surface area contributed by atoms with Crippen molar-refractivity contribution in [1.29, 1.82) is 0 Å². The van der Waals surface area contributed by atoms with Crippen LogP contribution < -0.4 is 9.47 Å². The Morgan fingerprint density at radius 3 is 2.00 bits per heavy atom. The lowest BCUT2D eigenvalue weighted by molar-refractivity contribution is 0.0478. The summed E-state index contributed by atoms with van der Waals surface area (Å²) >= 11 is 0. The predicted molar refractivity (Wildman–Crippen MR) is 59.4 cm³/mol. The van der Waals surface area contributed by atoms with Crippen LogP contribution in [0.15, 0.2) is 18.2 Å². The Hall–Kier alpha value is -1.22. The van der Waals surface area contributed by atoms with E-state index in [-0.39, 0.29) is 0 Å². The van der Waals surface area contributed by atoms with Crippen molar-refractivity contribution in [1.82, 2.24) is 0 Å². The zero-order chi connectivity index (χ0) is 11.5. The first-order chi connectivity index (χ1) is 7.06. The van der Waals surface area contributed by atoms with Crippen molar-refractivity contribution in [3.8, 4) is 11.5 Å². The highest BCUT2D eigenvalue weighted by molar-refractivity contribution is 5.48. The molecule has 0 spiro atoms. The fourth-order valence-corrected chi connectivity index (χ4v) is 1.56. The van der Waals surface area contributed by atoms with Crippen molar-refractivity contribution in [2.75, 3.05) is 14.2 Å². The lowest BCUT2D eigenvalue weighted by Gasteiger charge is -2.26. The Kier molecular flexibility index (Phi) is 3.58. The molecule has 0 fully saturated rings. The molecule has 1 N–H and O–H groups in total. The van der Waals surface area contributed by atoms with Crippen LogP contribution in [0.3, 0.4) is 0 Å². The van der Waals surface area contributed by atoms with Crippen molar-refractivity contribution in [3.05, 3.63) is 23.8 Å². The minimum atomic E-state index is -0.933. The first kappa shape index (κ1) is 11.9. The zero-order valence-corrected chi connectivity index (χ0v) is 9.70. The molecule has 0 radical (unpaired) electrons. The van der Waals surface area contributed by atoms with Gasteiger partial charge in [0, 0.05) is 0 Å². The molecule has 0 aliphatic rings. The van der Waals surface area contributed by atoms with E-state index in [9.17, 15) is 5.11 Å². The summed E-state index contributed by atoms with van der Waals surface area (Å²) in [6.45, 7) is 3.68. The minimum absolute atomic E-state index is 0.601. The molecule has 0 aliphatic heterocycles. The zero-order valence-electron chi connectivity index (χ0n) is 9.70. The number of aliphatic hydroxyl groups is 1. The second-order valence-corrected chi connectivity index (χ2v) is 3.66. The number of hydrogen-bond donors (Lipinski definition) is 1. The molecule has 0 bridgehead atoms. The minimum Gasteiger partial charge on any atom is -0.496 e. The molecule has 0 heterocycles. The number of benzene rings is 1. The molecule has 0 aromatic heterocycles. The maximum atomic E-state index is 10.3. The van der Waals surface area contributed by atoms with Gasteiger partial charge in [-0.2, -0.15) is 0 Å². The number of methoxy groups -OCH3 is 2. The van der Waals surface area contributed by atoms with E-state index in [0.29, 0.717) is 23.5 Å². The molecule has 1 rings (SSSR count). The van der Waals surface area contributed by atoms with Crippen molar-refractivity contribution >= 4 is 0 Å². The van der Waals surface area contributed by atoms with Crippen LogP contribution in [0.5, 0.6) is 11.5 Å². The quantitative estimate of drug-likeness (QED) is 0.828. The fraction of sp³-hybridized carbons (Fsp3) is 0.500. The van der Waals surface area contributed by atoms with Crippen LogP contribution in [-0.2, 0) is 5.60 Å². The van der Waals surface area contributed by atoms with Crippen LogP contribution in [0.4, 0.5) is 0 Å². The van der Waals surface area contributed by atoms with E-state index in [4.69, 9.17) is 9.47 Å². The average molecular weight is 210 g/mol. The lowest BCUT2D eigenvalue weighted by Crippen LogP contribution is -2.21. The summed E-state index contributed by atoms with van der Waals surface area (Å²) in [5, 5.41) is 10.3. The number of rotatable bonds is 4. The highest BCUT2D eigenvalue weighted by atomic mass is 16.5. The van der Waals surface area contributed by atoms with Crippen LogP contribution in [0.1, 0.15) is 25.8 Å². The van der Waals surface area contributed by atoms with Gasteiger partial charge < -0.3 is 14.6 Å². The van der Waals surface area contributed by atoms with Crippen LogP contribution >= 0.6 is 0 Å². The summed E-state index contributed by atoms with van der Waals surface area (Å²) in [6, 6.07) is 5.48. The monoisotopic (exact) mass is 210 g/mol. The third-order valence-electron chi connectivity index (χ3n) is 2.65. The highest BCUT2D eigenvalue weighted by Crippen LogP contribution is 2.39. The summed E-state index contributed by atoms with van der Waals surface area (Å²) in [6.07, 6.45) is 0.601. The first-order valence-electron chi connectivity index (χ1n) is 5.00. The molecule has 0 saturated heterocycles. The normalized spacial score (nSPS) is 14.5. The predicted octanol–water partition coefficient (Wildman–Crippen LogP) is 2.32. The van der Waals surface area contributed by atoms with Gasteiger partial charge in [-0.15, -0.1) is 0 Å². The second-order valence-electron chi connectivity index (χ2n) is 3.66. The summed E-state index contributed by atoms with van der Waals surface area (Å²) in [4.78, 5) is 0. The Balaban J connectivity index is 3.34. The Bertz CT molecular complexity index is 309. The van der Waals surface area contributed by atoms with E-state index < -0.39 is 5.60 Å². The smallest absolute Gasteiger partial charge is 0.128 e. The van der Waals surface area contributed by atoms with Crippen molar-refractivity contribution in [2.45, 2.75) is 25.9 Å². The number of hydrogen-bond acceptors (Lipinski definition) is 3. The van der Waals surface area contributed by atoms with Gasteiger partial charge >= 0.3 is 0 Å². The van der Waals surface area contributed by atoms with Crippen LogP contribution in [0, 0.1) is 0 Å². The van der Waals surface area contributed by atoms with Gasteiger partial charge in [-0.1, -0.05) is 13.0 Å². The summed E-state index contributed by atoms with van der Waals surface area (Å²) in [5.41, 5.74) is -0.227.